The summed E-state index contributed by atoms with van der Waals surface area (Å²) in [6.07, 6.45) is 1.59. The third-order valence-corrected chi connectivity index (χ3v) is 3.69. The number of halogens is 1. The Morgan fingerprint density at radius 1 is 1.53 bits per heavy atom. The fraction of sp³-hybridized carbons (Fsp3) is 0.538. The van der Waals surface area contributed by atoms with Gasteiger partial charge in [-0.05, 0) is 54.5 Å². The molecule has 19 heavy (non-hydrogen) atoms. The highest BCUT2D eigenvalue weighted by Crippen LogP contribution is 2.21. The highest BCUT2D eigenvalue weighted by Gasteiger charge is 2.30. The molecule has 6 heteroatoms. The first-order valence-corrected chi connectivity index (χ1v) is 7.41. The minimum atomic E-state index is -0.216. The van der Waals surface area contributed by atoms with E-state index in [-0.39, 0.29) is 17.8 Å². The number of carbonyl (C=O) groups excluding carboxylic acids is 2. The monoisotopic (exact) mass is 377 g/mol. The fourth-order valence-electron chi connectivity index (χ4n) is 2.20. The number of piperidine rings is 1. The minimum absolute atomic E-state index is 0.156. The van der Waals surface area contributed by atoms with Crippen molar-refractivity contribution >= 4 is 34.5 Å². The summed E-state index contributed by atoms with van der Waals surface area (Å²) in [5.41, 5.74) is 0. The van der Waals surface area contributed by atoms with Crippen LogP contribution in [0.2, 0.25) is 0 Å². The number of ether oxygens (including phenoxy) is 1. The molecule has 1 aliphatic heterocycles. The molecule has 0 spiro atoms. The van der Waals surface area contributed by atoms with Crippen LogP contribution in [0.3, 0.4) is 0 Å². The molecule has 1 aliphatic rings. The van der Waals surface area contributed by atoms with Crippen LogP contribution in [-0.2, 0) is 9.53 Å². The molecule has 1 fully saturated rings. The van der Waals surface area contributed by atoms with Gasteiger partial charge in [-0.2, -0.15) is 0 Å². The maximum absolute atomic E-state index is 12.2. The number of furan rings is 1. The fourth-order valence-corrected chi connectivity index (χ4v) is 2.62. The minimum Gasteiger partial charge on any atom is -0.466 e. The second-order valence-corrected chi connectivity index (χ2v) is 5.51. The number of carbonyl (C=O) groups is 2. The summed E-state index contributed by atoms with van der Waals surface area (Å²) in [7, 11) is 0. The molecule has 1 atom stereocenters. The van der Waals surface area contributed by atoms with Crippen molar-refractivity contribution in [2.24, 2.45) is 5.92 Å². The molecule has 5 nitrogen and oxygen atoms in total. The molecule has 0 saturated carbocycles. The molecule has 0 N–H and O–H groups in total. The van der Waals surface area contributed by atoms with E-state index in [4.69, 9.17) is 9.15 Å². The van der Waals surface area contributed by atoms with E-state index in [1.165, 1.54) is 0 Å². The summed E-state index contributed by atoms with van der Waals surface area (Å²) in [4.78, 5) is 25.6. The average molecular weight is 377 g/mol. The maximum Gasteiger partial charge on any atom is 0.310 e. The largest absolute Gasteiger partial charge is 0.466 e. The number of hydrogen-bond acceptors (Lipinski definition) is 4. The van der Waals surface area contributed by atoms with Gasteiger partial charge in [0.2, 0.25) is 0 Å². The number of esters is 1. The Hall–Kier alpha value is -1.05. The van der Waals surface area contributed by atoms with Gasteiger partial charge in [-0.1, -0.05) is 0 Å². The Labute approximate surface area is 125 Å². The summed E-state index contributed by atoms with van der Waals surface area (Å²) in [5, 5.41) is 0. The normalized spacial score (nSPS) is 19.3. The lowest BCUT2D eigenvalue weighted by molar-refractivity contribution is -0.149. The molecule has 1 aromatic rings. The Morgan fingerprint density at radius 3 is 2.95 bits per heavy atom. The van der Waals surface area contributed by atoms with E-state index >= 15 is 0 Å². The van der Waals surface area contributed by atoms with Gasteiger partial charge >= 0.3 is 5.97 Å². The van der Waals surface area contributed by atoms with Gasteiger partial charge in [-0.25, -0.2) is 0 Å². The van der Waals surface area contributed by atoms with Crippen molar-refractivity contribution in [1.82, 2.24) is 4.90 Å². The molecule has 1 amide bonds. The lowest BCUT2D eigenvalue weighted by Crippen LogP contribution is -2.42. The molecule has 0 aliphatic carbocycles. The highest BCUT2D eigenvalue weighted by molar-refractivity contribution is 14.1. The van der Waals surface area contributed by atoms with Crippen LogP contribution in [-0.4, -0.2) is 36.5 Å². The molecule has 1 aromatic heterocycles. The van der Waals surface area contributed by atoms with Crippen LogP contribution in [0.25, 0.3) is 0 Å². The van der Waals surface area contributed by atoms with Crippen LogP contribution < -0.4 is 0 Å². The zero-order chi connectivity index (χ0) is 13.8. The smallest absolute Gasteiger partial charge is 0.310 e. The first-order valence-electron chi connectivity index (χ1n) is 6.33. The topological polar surface area (TPSA) is 59.8 Å². The van der Waals surface area contributed by atoms with Crippen LogP contribution in [0.1, 0.15) is 30.3 Å². The Kier molecular flexibility index (Phi) is 4.84. The maximum atomic E-state index is 12.2. The van der Waals surface area contributed by atoms with Crippen LogP contribution in [0.4, 0.5) is 0 Å². The molecule has 0 aromatic carbocycles. The van der Waals surface area contributed by atoms with Crippen LogP contribution in [0.15, 0.2) is 16.5 Å². The third kappa shape index (κ3) is 3.49. The molecule has 1 unspecified atom stereocenters. The van der Waals surface area contributed by atoms with Gasteiger partial charge in [0.15, 0.2) is 9.53 Å². The summed E-state index contributed by atoms with van der Waals surface area (Å²) >= 11 is 2.02. The molecule has 2 rings (SSSR count). The summed E-state index contributed by atoms with van der Waals surface area (Å²) in [6, 6.07) is 3.42. The molecular weight excluding hydrogens is 361 g/mol. The lowest BCUT2D eigenvalue weighted by atomic mass is 9.98. The van der Waals surface area contributed by atoms with E-state index < -0.39 is 0 Å². The summed E-state index contributed by atoms with van der Waals surface area (Å²) in [5.74, 6) is -0.258. The van der Waals surface area contributed by atoms with Crippen molar-refractivity contribution in [2.75, 3.05) is 19.7 Å². The highest BCUT2D eigenvalue weighted by atomic mass is 127. The van der Waals surface area contributed by atoms with Crippen molar-refractivity contribution < 1.29 is 18.7 Å². The van der Waals surface area contributed by atoms with Crippen molar-refractivity contribution in [2.45, 2.75) is 19.8 Å². The Morgan fingerprint density at radius 2 is 2.32 bits per heavy atom. The molecule has 1 saturated heterocycles. The SMILES string of the molecule is CCOC(=O)C1CCCN(C(=O)c2ccc(I)o2)C1. The Balaban J connectivity index is 2.01. The first-order chi connectivity index (χ1) is 9.11. The predicted octanol–water partition coefficient (Wildman–Crippen LogP) is 2.30. The number of nitrogens with zero attached hydrogens (tertiary/aromatic N) is 1. The lowest BCUT2D eigenvalue weighted by Gasteiger charge is -2.30. The third-order valence-electron chi connectivity index (χ3n) is 3.11. The van der Waals surface area contributed by atoms with Crippen molar-refractivity contribution in [3.63, 3.8) is 0 Å². The van der Waals surface area contributed by atoms with Gasteiger partial charge < -0.3 is 14.1 Å². The predicted molar refractivity (Wildman–Crippen MR) is 76.7 cm³/mol. The number of amides is 1. The van der Waals surface area contributed by atoms with Crippen molar-refractivity contribution in [1.29, 1.82) is 0 Å². The zero-order valence-electron chi connectivity index (χ0n) is 10.7. The summed E-state index contributed by atoms with van der Waals surface area (Å²) in [6.45, 7) is 3.23. The van der Waals surface area contributed by atoms with Crippen LogP contribution >= 0.6 is 22.6 Å². The van der Waals surface area contributed by atoms with E-state index in [0.29, 0.717) is 29.2 Å². The first kappa shape index (κ1) is 14.4. The second-order valence-electron chi connectivity index (χ2n) is 4.45. The van der Waals surface area contributed by atoms with Gasteiger partial charge in [-0.15, -0.1) is 0 Å². The van der Waals surface area contributed by atoms with Gasteiger partial charge in [0, 0.05) is 13.1 Å². The van der Waals surface area contributed by atoms with Crippen molar-refractivity contribution in [3.8, 4) is 0 Å². The van der Waals surface area contributed by atoms with E-state index in [2.05, 4.69) is 0 Å². The second kappa shape index (κ2) is 6.40. The van der Waals surface area contributed by atoms with Gasteiger partial charge in [0.1, 0.15) is 0 Å². The van der Waals surface area contributed by atoms with Crippen LogP contribution in [0, 0.1) is 9.68 Å². The molecule has 0 bridgehead atoms. The van der Waals surface area contributed by atoms with Gasteiger partial charge in [0.05, 0.1) is 12.5 Å². The standard InChI is InChI=1S/C13H16INO4/c1-2-18-13(17)9-4-3-7-15(8-9)12(16)10-5-6-11(14)19-10/h5-6,9H,2-4,7-8H2,1H3. The molecule has 0 radical (unpaired) electrons. The van der Waals surface area contributed by atoms with E-state index in [1.54, 1.807) is 24.0 Å². The summed E-state index contributed by atoms with van der Waals surface area (Å²) < 4.78 is 11.0. The zero-order valence-corrected chi connectivity index (χ0v) is 12.9. The molecular formula is C13H16INO4. The molecule has 104 valence electrons. The van der Waals surface area contributed by atoms with E-state index in [1.807, 2.05) is 22.6 Å². The average Bonchev–Trinajstić information content (AvgIpc) is 2.85. The van der Waals surface area contributed by atoms with E-state index in [9.17, 15) is 9.59 Å². The van der Waals surface area contributed by atoms with Gasteiger partial charge in [-0.3, -0.25) is 9.59 Å². The molecule has 2 heterocycles. The quantitative estimate of drug-likeness (QED) is 0.599. The number of likely N-dealkylation sites (tertiary alicyclic amines) is 1. The Bertz CT molecular complexity index is 471. The number of rotatable bonds is 3. The van der Waals surface area contributed by atoms with Gasteiger partial charge in [0.25, 0.3) is 5.91 Å². The van der Waals surface area contributed by atoms with E-state index in [0.717, 1.165) is 12.8 Å². The van der Waals surface area contributed by atoms with Crippen molar-refractivity contribution in [3.05, 3.63) is 21.7 Å². The van der Waals surface area contributed by atoms with Crippen LogP contribution in [0.5, 0.6) is 0 Å². The number of hydrogen-bond donors (Lipinski definition) is 0.